The molecule has 0 saturated heterocycles. The highest BCUT2D eigenvalue weighted by atomic mass is 16.6. The standard InChI is InChI=1S/C17H23NO5/c1-5-22-15(19)17(9-6-10-17)23-14-11-12(16(2,3)4)7-8-13(14)18(20)21/h7-8,11H,5-6,9-10H2,1-4H3. The first kappa shape index (κ1) is 17.2. The summed E-state index contributed by atoms with van der Waals surface area (Å²) in [6, 6.07) is 4.83. The Morgan fingerprint density at radius 1 is 1.35 bits per heavy atom. The average molecular weight is 321 g/mol. The molecule has 0 radical (unpaired) electrons. The summed E-state index contributed by atoms with van der Waals surface area (Å²) >= 11 is 0. The molecule has 0 unspecified atom stereocenters. The Balaban J connectivity index is 2.40. The normalized spacial score (nSPS) is 16.3. The lowest BCUT2D eigenvalue weighted by atomic mass is 9.79. The Labute approximate surface area is 135 Å². The van der Waals surface area contributed by atoms with Crippen molar-refractivity contribution < 1.29 is 19.2 Å². The molecule has 0 aliphatic heterocycles. The van der Waals surface area contributed by atoms with Crippen molar-refractivity contribution in [1.29, 1.82) is 0 Å². The maximum atomic E-state index is 12.2. The van der Waals surface area contributed by atoms with Gasteiger partial charge < -0.3 is 9.47 Å². The van der Waals surface area contributed by atoms with Crippen LogP contribution in [-0.2, 0) is 14.9 Å². The molecule has 126 valence electrons. The van der Waals surface area contributed by atoms with Crippen LogP contribution in [0, 0.1) is 10.1 Å². The van der Waals surface area contributed by atoms with Crippen LogP contribution in [0.1, 0.15) is 52.5 Å². The molecule has 0 amide bonds. The fourth-order valence-electron chi connectivity index (χ4n) is 2.53. The molecule has 0 N–H and O–H groups in total. The zero-order valence-electron chi connectivity index (χ0n) is 14.0. The lowest BCUT2D eigenvalue weighted by Gasteiger charge is -2.39. The van der Waals surface area contributed by atoms with E-state index >= 15 is 0 Å². The van der Waals surface area contributed by atoms with Crippen LogP contribution >= 0.6 is 0 Å². The third kappa shape index (κ3) is 3.46. The number of carbonyl (C=O) groups is 1. The third-order valence-electron chi connectivity index (χ3n) is 4.14. The van der Waals surface area contributed by atoms with E-state index in [0.29, 0.717) is 12.8 Å². The SMILES string of the molecule is CCOC(=O)C1(Oc2cc(C(C)(C)C)ccc2[N+](=O)[O-])CCC1. The summed E-state index contributed by atoms with van der Waals surface area (Å²) in [7, 11) is 0. The van der Waals surface area contributed by atoms with E-state index in [2.05, 4.69) is 0 Å². The predicted molar refractivity (Wildman–Crippen MR) is 85.6 cm³/mol. The van der Waals surface area contributed by atoms with E-state index < -0.39 is 16.5 Å². The zero-order chi connectivity index (χ0) is 17.3. The Hall–Kier alpha value is -2.11. The van der Waals surface area contributed by atoms with Crippen LogP contribution in [-0.4, -0.2) is 23.1 Å². The van der Waals surface area contributed by atoms with Crippen LogP contribution < -0.4 is 4.74 Å². The van der Waals surface area contributed by atoms with Gasteiger partial charge >= 0.3 is 11.7 Å². The quantitative estimate of drug-likeness (QED) is 0.469. The number of benzene rings is 1. The van der Waals surface area contributed by atoms with Crippen LogP contribution in [0.3, 0.4) is 0 Å². The van der Waals surface area contributed by atoms with Gasteiger partial charge in [0.15, 0.2) is 5.75 Å². The van der Waals surface area contributed by atoms with E-state index in [1.165, 1.54) is 6.07 Å². The number of carbonyl (C=O) groups excluding carboxylic acids is 1. The largest absolute Gasteiger partial charge is 0.468 e. The molecule has 0 atom stereocenters. The number of nitro groups is 1. The topological polar surface area (TPSA) is 78.7 Å². The maximum absolute atomic E-state index is 12.2. The molecule has 23 heavy (non-hydrogen) atoms. The molecule has 1 aromatic carbocycles. The lowest BCUT2D eigenvalue weighted by Crippen LogP contribution is -2.51. The Bertz CT molecular complexity index is 614. The van der Waals surface area contributed by atoms with Crippen molar-refractivity contribution in [2.75, 3.05) is 6.61 Å². The minimum absolute atomic E-state index is 0.131. The molecule has 1 aliphatic carbocycles. The molecule has 1 aliphatic rings. The lowest BCUT2D eigenvalue weighted by molar-refractivity contribution is -0.386. The van der Waals surface area contributed by atoms with E-state index in [-0.39, 0.29) is 23.5 Å². The third-order valence-corrected chi connectivity index (χ3v) is 4.14. The van der Waals surface area contributed by atoms with E-state index in [9.17, 15) is 14.9 Å². The second kappa shape index (κ2) is 6.18. The van der Waals surface area contributed by atoms with Gasteiger partial charge in [0, 0.05) is 6.07 Å². The van der Waals surface area contributed by atoms with Gasteiger partial charge in [-0.3, -0.25) is 10.1 Å². The Kier molecular flexibility index (Phi) is 4.63. The first-order valence-corrected chi connectivity index (χ1v) is 7.85. The van der Waals surface area contributed by atoms with Crippen LogP contribution in [0.4, 0.5) is 5.69 Å². The Morgan fingerprint density at radius 3 is 2.43 bits per heavy atom. The highest BCUT2D eigenvalue weighted by Crippen LogP contribution is 2.42. The Morgan fingerprint density at radius 2 is 2.00 bits per heavy atom. The summed E-state index contributed by atoms with van der Waals surface area (Å²) < 4.78 is 10.9. The van der Waals surface area contributed by atoms with Crippen molar-refractivity contribution in [3.05, 3.63) is 33.9 Å². The number of hydrogen-bond acceptors (Lipinski definition) is 5. The van der Waals surface area contributed by atoms with Gasteiger partial charge in [0.05, 0.1) is 11.5 Å². The molecule has 1 saturated carbocycles. The number of hydrogen-bond donors (Lipinski definition) is 0. The molecular weight excluding hydrogens is 298 g/mol. The molecule has 0 spiro atoms. The van der Waals surface area contributed by atoms with Crippen molar-refractivity contribution in [3.8, 4) is 5.75 Å². The smallest absolute Gasteiger partial charge is 0.350 e. The van der Waals surface area contributed by atoms with E-state index in [1.54, 1.807) is 19.1 Å². The molecule has 6 heteroatoms. The second-order valence-electron chi connectivity index (χ2n) is 6.86. The van der Waals surface area contributed by atoms with Crippen molar-refractivity contribution in [3.63, 3.8) is 0 Å². The van der Waals surface area contributed by atoms with Gasteiger partial charge in [-0.25, -0.2) is 4.79 Å². The highest BCUT2D eigenvalue weighted by molar-refractivity contribution is 5.81. The van der Waals surface area contributed by atoms with Crippen LogP contribution in [0.25, 0.3) is 0 Å². The van der Waals surface area contributed by atoms with Crippen molar-refractivity contribution in [2.45, 2.75) is 58.0 Å². The maximum Gasteiger partial charge on any atom is 0.350 e. The van der Waals surface area contributed by atoms with Gasteiger partial charge in [0.25, 0.3) is 0 Å². The molecule has 0 bridgehead atoms. The first-order chi connectivity index (χ1) is 10.7. The summed E-state index contributed by atoms with van der Waals surface area (Å²) in [5.41, 5.74) is -0.480. The van der Waals surface area contributed by atoms with Gasteiger partial charge in [-0.15, -0.1) is 0 Å². The molecular formula is C17H23NO5. The van der Waals surface area contributed by atoms with Gasteiger partial charge in [0.2, 0.25) is 5.60 Å². The number of nitro benzene ring substituents is 1. The monoisotopic (exact) mass is 321 g/mol. The van der Waals surface area contributed by atoms with Crippen LogP contribution in [0.5, 0.6) is 5.75 Å². The fourth-order valence-corrected chi connectivity index (χ4v) is 2.53. The molecule has 2 rings (SSSR count). The fraction of sp³-hybridized carbons (Fsp3) is 0.588. The molecule has 6 nitrogen and oxygen atoms in total. The van der Waals surface area contributed by atoms with Crippen molar-refractivity contribution >= 4 is 11.7 Å². The number of esters is 1. The summed E-state index contributed by atoms with van der Waals surface area (Å²) in [5, 5.41) is 11.3. The number of nitrogens with zero attached hydrogens (tertiary/aromatic N) is 1. The molecule has 1 fully saturated rings. The minimum atomic E-state index is -1.09. The van der Waals surface area contributed by atoms with Crippen molar-refractivity contribution in [2.24, 2.45) is 0 Å². The second-order valence-corrected chi connectivity index (χ2v) is 6.86. The van der Waals surface area contributed by atoms with Gasteiger partial charge in [-0.1, -0.05) is 26.8 Å². The summed E-state index contributed by atoms with van der Waals surface area (Å²) in [5.74, 6) is -0.308. The number of ether oxygens (including phenoxy) is 2. The molecule has 0 heterocycles. The van der Waals surface area contributed by atoms with Crippen molar-refractivity contribution in [1.82, 2.24) is 0 Å². The van der Waals surface area contributed by atoms with E-state index in [4.69, 9.17) is 9.47 Å². The molecule has 1 aromatic rings. The number of rotatable bonds is 5. The van der Waals surface area contributed by atoms with Crippen LogP contribution in [0.15, 0.2) is 18.2 Å². The minimum Gasteiger partial charge on any atom is -0.468 e. The summed E-state index contributed by atoms with van der Waals surface area (Å²) in [6.45, 7) is 8.04. The van der Waals surface area contributed by atoms with Gasteiger partial charge in [-0.2, -0.15) is 0 Å². The summed E-state index contributed by atoms with van der Waals surface area (Å²) in [4.78, 5) is 23.0. The van der Waals surface area contributed by atoms with E-state index in [1.807, 2.05) is 20.8 Å². The molecule has 0 aromatic heterocycles. The first-order valence-electron chi connectivity index (χ1n) is 7.85. The predicted octanol–water partition coefficient (Wildman–Crippen LogP) is 3.76. The highest BCUT2D eigenvalue weighted by Gasteiger charge is 2.49. The summed E-state index contributed by atoms with van der Waals surface area (Å²) in [6.07, 6.45) is 1.87. The van der Waals surface area contributed by atoms with Crippen LogP contribution in [0.2, 0.25) is 0 Å². The van der Waals surface area contributed by atoms with Gasteiger partial charge in [-0.05, 0) is 43.2 Å². The van der Waals surface area contributed by atoms with E-state index in [0.717, 1.165) is 12.0 Å². The average Bonchev–Trinajstić information content (AvgIpc) is 2.41. The van der Waals surface area contributed by atoms with Gasteiger partial charge in [0.1, 0.15) is 0 Å². The zero-order valence-corrected chi connectivity index (χ0v) is 14.0.